The van der Waals surface area contributed by atoms with Crippen LogP contribution < -0.4 is 5.56 Å². The van der Waals surface area contributed by atoms with Crippen molar-refractivity contribution in [3.05, 3.63) is 46.6 Å². The monoisotopic (exact) mass is 340 g/mol. The SMILES string of the molecule is O=c1c(-c2ccco2)ccc2n1C[C@H]1C[C@@H]2CN(C2CCOCC2)C1. The third-order valence-corrected chi connectivity index (χ3v) is 6.13. The first-order chi connectivity index (χ1) is 12.3. The molecule has 2 atom stereocenters. The fourth-order valence-corrected chi connectivity index (χ4v) is 4.95. The average molecular weight is 340 g/mol. The van der Waals surface area contributed by atoms with Crippen LogP contribution in [0.5, 0.6) is 0 Å². The zero-order chi connectivity index (χ0) is 16.8. The number of piperidine rings is 1. The summed E-state index contributed by atoms with van der Waals surface area (Å²) in [5.41, 5.74) is 1.98. The molecule has 5 heteroatoms. The predicted molar refractivity (Wildman–Crippen MR) is 94.7 cm³/mol. The molecule has 2 bridgehead atoms. The Morgan fingerprint density at radius 1 is 1.04 bits per heavy atom. The lowest BCUT2D eigenvalue weighted by atomic mass is 9.82. The quantitative estimate of drug-likeness (QED) is 0.843. The van der Waals surface area contributed by atoms with Crippen LogP contribution in [0.3, 0.4) is 0 Å². The van der Waals surface area contributed by atoms with E-state index in [9.17, 15) is 4.79 Å². The number of ether oxygens (including phenoxy) is 1. The van der Waals surface area contributed by atoms with E-state index in [4.69, 9.17) is 9.15 Å². The van der Waals surface area contributed by atoms with Crippen LogP contribution in [0.25, 0.3) is 11.3 Å². The van der Waals surface area contributed by atoms with Crippen molar-refractivity contribution in [2.24, 2.45) is 5.92 Å². The summed E-state index contributed by atoms with van der Waals surface area (Å²) in [6.45, 7) is 4.79. The van der Waals surface area contributed by atoms with E-state index >= 15 is 0 Å². The predicted octanol–water partition coefficient (Wildman–Crippen LogP) is 2.71. The van der Waals surface area contributed by atoms with Crippen molar-refractivity contribution >= 4 is 0 Å². The number of pyridine rings is 1. The molecular weight excluding hydrogens is 316 g/mol. The summed E-state index contributed by atoms with van der Waals surface area (Å²) in [6.07, 6.45) is 5.12. The first-order valence-electron chi connectivity index (χ1n) is 9.39. The van der Waals surface area contributed by atoms with Crippen LogP contribution in [-0.4, -0.2) is 41.8 Å². The average Bonchev–Trinajstić information content (AvgIpc) is 3.18. The molecule has 0 amide bonds. The van der Waals surface area contributed by atoms with Crippen LogP contribution in [0.2, 0.25) is 0 Å². The maximum absolute atomic E-state index is 13.0. The van der Waals surface area contributed by atoms with Crippen LogP contribution in [0.4, 0.5) is 0 Å². The molecule has 0 radical (unpaired) electrons. The first kappa shape index (κ1) is 15.4. The van der Waals surface area contributed by atoms with Crippen LogP contribution >= 0.6 is 0 Å². The molecule has 2 aromatic rings. The molecule has 3 aliphatic heterocycles. The number of hydrogen-bond donors (Lipinski definition) is 0. The molecular formula is C20H24N2O3. The Bertz CT molecular complexity index is 805. The number of aromatic nitrogens is 1. The molecule has 0 saturated carbocycles. The van der Waals surface area contributed by atoms with Gasteiger partial charge in [0.05, 0.1) is 11.8 Å². The lowest BCUT2D eigenvalue weighted by molar-refractivity contribution is 0.00588. The van der Waals surface area contributed by atoms with Gasteiger partial charge in [-0.15, -0.1) is 0 Å². The van der Waals surface area contributed by atoms with Gasteiger partial charge < -0.3 is 13.7 Å². The van der Waals surface area contributed by atoms with E-state index in [-0.39, 0.29) is 5.56 Å². The molecule has 0 unspecified atom stereocenters. The zero-order valence-corrected chi connectivity index (χ0v) is 14.4. The standard InChI is InChI=1S/C20H24N2O3/c23-20-17(19-2-1-7-25-19)3-4-18-15-10-14(12-22(18)20)11-21(13-15)16-5-8-24-9-6-16/h1-4,7,14-16H,5-6,8-13H2/t14-,15+/m0/s1. The second-order valence-corrected chi connectivity index (χ2v) is 7.66. The largest absolute Gasteiger partial charge is 0.464 e. The zero-order valence-electron chi connectivity index (χ0n) is 14.4. The van der Waals surface area contributed by atoms with Crippen LogP contribution in [0.1, 0.15) is 30.9 Å². The van der Waals surface area contributed by atoms with Gasteiger partial charge >= 0.3 is 0 Å². The third kappa shape index (κ3) is 2.66. The summed E-state index contributed by atoms with van der Waals surface area (Å²) in [5.74, 6) is 1.70. The van der Waals surface area contributed by atoms with Gasteiger partial charge in [0.1, 0.15) is 5.76 Å². The Hall–Kier alpha value is -1.85. The van der Waals surface area contributed by atoms with Crippen molar-refractivity contribution in [3.63, 3.8) is 0 Å². The fourth-order valence-electron chi connectivity index (χ4n) is 4.95. The summed E-state index contributed by atoms with van der Waals surface area (Å²) in [7, 11) is 0. The summed E-state index contributed by atoms with van der Waals surface area (Å²) in [4.78, 5) is 15.7. The number of nitrogens with zero attached hydrogens (tertiary/aromatic N) is 2. The van der Waals surface area contributed by atoms with E-state index < -0.39 is 0 Å². The number of rotatable bonds is 2. The molecule has 0 aromatic carbocycles. The molecule has 5 nitrogen and oxygen atoms in total. The van der Waals surface area contributed by atoms with Gasteiger partial charge in [0.25, 0.3) is 5.56 Å². The Labute approximate surface area is 147 Å². The second-order valence-electron chi connectivity index (χ2n) is 7.66. The molecule has 132 valence electrons. The minimum atomic E-state index is 0.0988. The van der Waals surface area contributed by atoms with Gasteiger partial charge in [0.15, 0.2) is 0 Å². The topological polar surface area (TPSA) is 47.6 Å². The summed E-state index contributed by atoms with van der Waals surface area (Å²) in [5, 5.41) is 0. The maximum atomic E-state index is 13.0. The number of likely N-dealkylation sites (tertiary alicyclic amines) is 1. The van der Waals surface area contributed by atoms with E-state index in [0.717, 1.165) is 45.7 Å². The van der Waals surface area contributed by atoms with E-state index in [2.05, 4.69) is 11.0 Å². The number of furan rings is 1. The number of fused-ring (bicyclic) bond motifs is 4. The highest BCUT2D eigenvalue weighted by Crippen LogP contribution is 2.37. The molecule has 5 heterocycles. The highest BCUT2D eigenvalue weighted by Gasteiger charge is 2.37. The van der Waals surface area contributed by atoms with Gasteiger partial charge in [0, 0.05) is 50.5 Å². The Balaban J connectivity index is 1.46. The first-order valence-corrected chi connectivity index (χ1v) is 9.39. The van der Waals surface area contributed by atoms with E-state index in [1.165, 1.54) is 12.1 Å². The smallest absolute Gasteiger partial charge is 0.261 e. The van der Waals surface area contributed by atoms with Crippen LogP contribution in [0.15, 0.2) is 39.7 Å². The fraction of sp³-hybridized carbons (Fsp3) is 0.550. The molecule has 0 N–H and O–H groups in total. The van der Waals surface area contributed by atoms with Crippen molar-refractivity contribution < 1.29 is 9.15 Å². The van der Waals surface area contributed by atoms with Gasteiger partial charge in [-0.3, -0.25) is 9.69 Å². The Morgan fingerprint density at radius 3 is 2.72 bits per heavy atom. The molecule has 3 aliphatic rings. The second kappa shape index (κ2) is 6.15. The molecule has 2 saturated heterocycles. The van der Waals surface area contributed by atoms with Crippen molar-refractivity contribution in [2.75, 3.05) is 26.3 Å². The van der Waals surface area contributed by atoms with Gasteiger partial charge in [-0.25, -0.2) is 0 Å². The molecule has 2 fully saturated rings. The van der Waals surface area contributed by atoms with Gasteiger partial charge in [-0.2, -0.15) is 0 Å². The summed E-state index contributed by atoms with van der Waals surface area (Å²) < 4.78 is 13.0. The highest BCUT2D eigenvalue weighted by atomic mass is 16.5. The normalized spacial score (nSPS) is 27.2. The van der Waals surface area contributed by atoms with Crippen molar-refractivity contribution in [3.8, 4) is 11.3 Å². The van der Waals surface area contributed by atoms with Crippen LogP contribution in [-0.2, 0) is 11.3 Å². The van der Waals surface area contributed by atoms with Crippen molar-refractivity contribution in [1.29, 1.82) is 0 Å². The van der Waals surface area contributed by atoms with E-state index in [1.807, 2.05) is 22.8 Å². The van der Waals surface area contributed by atoms with Crippen molar-refractivity contribution in [1.82, 2.24) is 9.47 Å². The highest BCUT2D eigenvalue weighted by molar-refractivity contribution is 5.56. The Kier molecular flexibility index (Phi) is 3.79. The minimum Gasteiger partial charge on any atom is -0.464 e. The maximum Gasteiger partial charge on any atom is 0.261 e. The van der Waals surface area contributed by atoms with E-state index in [0.29, 0.717) is 29.2 Å². The molecule has 0 spiro atoms. The third-order valence-electron chi connectivity index (χ3n) is 6.13. The molecule has 5 rings (SSSR count). The number of hydrogen-bond acceptors (Lipinski definition) is 4. The molecule has 25 heavy (non-hydrogen) atoms. The van der Waals surface area contributed by atoms with Crippen molar-refractivity contribution in [2.45, 2.75) is 37.8 Å². The van der Waals surface area contributed by atoms with E-state index in [1.54, 1.807) is 6.26 Å². The molecule has 2 aromatic heterocycles. The van der Waals surface area contributed by atoms with Gasteiger partial charge in [-0.1, -0.05) is 0 Å². The molecule has 0 aliphatic carbocycles. The minimum absolute atomic E-state index is 0.0988. The van der Waals surface area contributed by atoms with Gasteiger partial charge in [0.2, 0.25) is 0 Å². The Morgan fingerprint density at radius 2 is 1.92 bits per heavy atom. The van der Waals surface area contributed by atoms with Crippen LogP contribution in [0, 0.1) is 5.92 Å². The summed E-state index contributed by atoms with van der Waals surface area (Å²) >= 11 is 0. The lowest BCUT2D eigenvalue weighted by Crippen LogP contribution is -2.51. The summed E-state index contributed by atoms with van der Waals surface area (Å²) in [6, 6.07) is 8.44. The lowest BCUT2D eigenvalue weighted by Gasteiger charge is -2.46. The van der Waals surface area contributed by atoms with Gasteiger partial charge in [-0.05, 0) is 49.4 Å².